The van der Waals surface area contributed by atoms with Crippen molar-refractivity contribution in [3.05, 3.63) is 29.8 Å². The van der Waals surface area contributed by atoms with E-state index in [1.165, 1.54) is 0 Å². The molecule has 0 aliphatic carbocycles. The number of carbonyl (C=O) groups excluding carboxylic acids is 1. The molecule has 0 heterocycles. The summed E-state index contributed by atoms with van der Waals surface area (Å²) in [6.45, 7) is 4.14. The van der Waals surface area contributed by atoms with Crippen LogP contribution in [0.15, 0.2) is 24.3 Å². The third kappa shape index (κ3) is 3.09. The van der Waals surface area contributed by atoms with Crippen LogP contribution in [0.1, 0.15) is 30.6 Å². The van der Waals surface area contributed by atoms with Crippen molar-refractivity contribution >= 4 is 5.78 Å². The van der Waals surface area contributed by atoms with E-state index in [1.54, 1.807) is 25.1 Å². The molecule has 0 aliphatic rings. The molecular formula is C13H15NO2. The van der Waals surface area contributed by atoms with Crippen molar-refractivity contribution in [1.82, 2.24) is 0 Å². The summed E-state index contributed by atoms with van der Waals surface area (Å²) in [6.07, 6.45) is 0.237. The number of para-hydroxylation sites is 1. The summed E-state index contributed by atoms with van der Waals surface area (Å²) >= 11 is 0. The van der Waals surface area contributed by atoms with Gasteiger partial charge in [0.15, 0.2) is 5.78 Å². The minimum absolute atomic E-state index is 0.0434. The Labute approximate surface area is 95.7 Å². The van der Waals surface area contributed by atoms with E-state index >= 15 is 0 Å². The molecule has 0 bridgehead atoms. The van der Waals surface area contributed by atoms with Crippen molar-refractivity contribution in [2.45, 2.75) is 20.3 Å². The van der Waals surface area contributed by atoms with Crippen molar-refractivity contribution in [2.75, 3.05) is 6.61 Å². The number of benzene rings is 1. The van der Waals surface area contributed by atoms with Crippen LogP contribution in [0.5, 0.6) is 5.75 Å². The highest BCUT2D eigenvalue weighted by atomic mass is 16.5. The minimum atomic E-state index is -0.262. The number of nitrogens with zero attached hydrogens (tertiary/aromatic N) is 1. The second-order valence-corrected chi connectivity index (χ2v) is 3.59. The van der Waals surface area contributed by atoms with Gasteiger partial charge >= 0.3 is 0 Å². The number of ether oxygens (including phenoxy) is 1. The van der Waals surface area contributed by atoms with Crippen LogP contribution in [0.3, 0.4) is 0 Å². The summed E-state index contributed by atoms with van der Waals surface area (Å²) in [5, 5.41) is 8.67. The molecule has 1 rings (SSSR count). The molecule has 84 valence electrons. The van der Waals surface area contributed by atoms with Crippen molar-refractivity contribution in [3.63, 3.8) is 0 Å². The number of hydrogen-bond acceptors (Lipinski definition) is 3. The van der Waals surface area contributed by atoms with Crippen LogP contribution >= 0.6 is 0 Å². The summed E-state index contributed by atoms with van der Waals surface area (Å²) in [5.74, 6) is 0.292. The molecule has 0 spiro atoms. The molecule has 1 aromatic carbocycles. The maximum atomic E-state index is 11.9. The summed E-state index contributed by atoms with van der Waals surface area (Å²) in [7, 11) is 0. The quantitative estimate of drug-likeness (QED) is 0.712. The molecule has 0 aliphatic heterocycles. The van der Waals surface area contributed by atoms with Gasteiger partial charge in [-0.05, 0) is 26.0 Å². The Bertz CT molecular complexity index is 407. The Morgan fingerprint density at radius 2 is 2.19 bits per heavy atom. The van der Waals surface area contributed by atoms with Crippen LogP contribution in [0.2, 0.25) is 0 Å². The van der Waals surface area contributed by atoms with Gasteiger partial charge < -0.3 is 4.74 Å². The first kappa shape index (κ1) is 12.3. The third-order valence-corrected chi connectivity index (χ3v) is 2.20. The standard InChI is InChI=1S/C13H15NO2/c1-3-16-13-7-5-4-6-11(13)12(15)8-10(2)9-14/h4-7,10H,3,8H2,1-2H3. The number of Topliss-reactive ketones (excluding diaryl/α,β-unsaturated/α-hetero) is 1. The third-order valence-electron chi connectivity index (χ3n) is 2.20. The lowest BCUT2D eigenvalue weighted by atomic mass is 10.0. The topological polar surface area (TPSA) is 50.1 Å². The van der Waals surface area contributed by atoms with Gasteiger partial charge in [-0.25, -0.2) is 0 Å². The SMILES string of the molecule is CCOc1ccccc1C(=O)CC(C)C#N. The zero-order valence-electron chi connectivity index (χ0n) is 9.56. The van der Waals surface area contributed by atoms with Gasteiger partial charge in [-0.15, -0.1) is 0 Å². The van der Waals surface area contributed by atoms with E-state index in [0.717, 1.165) is 0 Å². The van der Waals surface area contributed by atoms with Gasteiger partial charge in [0.1, 0.15) is 5.75 Å². The van der Waals surface area contributed by atoms with E-state index in [-0.39, 0.29) is 18.1 Å². The molecule has 16 heavy (non-hydrogen) atoms. The van der Waals surface area contributed by atoms with Gasteiger partial charge in [0.2, 0.25) is 0 Å². The fourth-order valence-corrected chi connectivity index (χ4v) is 1.41. The normalized spacial score (nSPS) is 11.6. The van der Waals surface area contributed by atoms with E-state index in [4.69, 9.17) is 10.00 Å². The maximum Gasteiger partial charge on any atom is 0.167 e. The van der Waals surface area contributed by atoms with Crippen LogP contribution in [0.25, 0.3) is 0 Å². The summed E-state index contributed by atoms with van der Waals surface area (Å²) in [5.41, 5.74) is 0.562. The largest absolute Gasteiger partial charge is 0.493 e. The molecule has 1 aromatic rings. The summed E-state index contributed by atoms with van der Waals surface area (Å²) in [4.78, 5) is 11.9. The van der Waals surface area contributed by atoms with Gasteiger partial charge in [-0.1, -0.05) is 12.1 Å². The highest BCUT2D eigenvalue weighted by Crippen LogP contribution is 2.21. The fraction of sp³-hybridized carbons (Fsp3) is 0.385. The molecule has 3 heteroatoms. The monoisotopic (exact) mass is 217 g/mol. The van der Waals surface area contributed by atoms with Crippen molar-refractivity contribution < 1.29 is 9.53 Å². The molecule has 0 N–H and O–H groups in total. The van der Waals surface area contributed by atoms with Crippen LogP contribution in [0, 0.1) is 17.2 Å². The van der Waals surface area contributed by atoms with Crippen LogP contribution in [-0.4, -0.2) is 12.4 Å². The summed E-state index contributed by atoms with van der Waals surface area (Å²) in [6, 6.07) is 9.19. The molecule has 1 atom stereocenters. The number of hydrogen-bond donors (Lipinski definition) is 0. The van der Waals surface area contributed by atoms with Crippen LogP contribution in [0.4, 0.5) is 0 Å². The lowest BCUT2D eigenvalue weighted by Crippen LogP contribution is -2.07. The molecule has 0 saturated carbocycles. The van der Waals surface area contributed by atoms with Crippen LogP contribution < -0.4 is 4.74 Å². The smallest absolute Gasteiger partial charge is 0.167 e. The maximum absolute atomic E-state index is 11.9. The lowest BCUT2D eigenvalue weighted by Gasteiger charge is -2.09. The molecule has 0 saturated heterocycles. The zero-order valence-corrected chi connectivity index (χ0v) is 9.56. The molecule has 0 fully saturated rings. The van der Waals surface area contributed by atoms with E-state index in [9.17, 15) is 4.79 Å². The first-order chi connectivity index (χ1) is 7.69. The average Bonchev–Trinajstić information content (AvgIpc) is 2.30. The van der Waals surface area contributed by atoms with E-state index in [1.807, 2.05) is 13.0 Å². The predicted octanol–water partition coefficient (Wildman–Crippen LogP) is 2.82. The second-order valence-electron chi connectivity index (χ2n) is 3.59. The van der Waals surface area contributed by atoms with Crippen molar-refractivity contribution in [2.24, 2.45) is 5.92 Å². The number of rotatable bonds is 5. The Morgan fingerprint density at radius 1 is 1.50 bits per heavy atom. The van der Waals surface area contributed by atoms with Gasteiger partial charge in [-0.2, -0.15) is 5.26 Å². The predicted molar refractivity (Wildman–Crippen MR) is 61.3 cm³/mol. The van der Waals surface area contributed by atoms with E-state index in [0.29, 0.717) is 17.9 Å². The number of carbonyl (C=O) groups is 1. The molecule has 0 amide bonds. The minimum Gasteiger partial charge on any atom is -0.493 e. The number of nitriles is 1. The average molecular weight is 217 g/mol. The first-order valence-corrected chi connectivity index (χ1v) is 5.33. The first-order valence-electron chi connectivity index (χ1n) is 5.33. The highest BCUT2D eigenvalue weighted by Gasteiger charge is 2.14. The Morgan fingerprint density at radius 3 is 2.81 bits per heavy atom. The van der Waals surface area contributed by atoms with Gasteiger partial charge in [0.05, 0.1) is 24.2 Å². The van der Waals surface area contributed by atoms with Crippen molar-refractivity contribution in [1.29, 1.82) is 5.26 Å². The van der Waals surface area contributed by atoms with Crippen LogP contribution in [-0.2, 0) is 0 Å². The van der Waals surface area contributed by atoms with Gasteiger partial charge in [0.25, 0.3) is 0 Å². The Hall–Kier alpha value is -1.82. The molecule has 1 unspecified atom stereocenters. The summed E-state index contributed by atoms with van der Waals surface area (Å²) < 4.78 is 5.37. The lowest BCUT2D eigenvalue weighted by molar-refractivity contribution is 0.0969. The molecule has 0 aromatic heterocycles. The van der Waals surface area contributed by atoms with Gasteiger partial charge in [0, 0.05) is 6.42 Å². The number of ketones is 1. The molecule has 0 radical (unpaired) electrons. The highest BCUT2D eigenvalue weighted by molar-refractivity contribution is 5.98. The molecular weight excluding hydrogens is 202 g/mol. The Kier molecular flexibility index (Phi) is 4.53. The fourth-order valence-electron chi connectivity index (χ4n) is 1.41. The second kappa shape index (κ2) is 5.92. The van der Waals surface area contributed by atoms with E-state index < -0.39 is 0 Å². The van der Waals surface area contributed by atoms with Crippen molar-refractivity contribution in [3.8, 4) is 11.8 Å². The van der Waals surface area contributed by atoms with Gasteiger partial charge in [-0.3, -0.25) is 4.79 Å². The molecule has 3 nitrogen and oxygen atoms in total. The zero-order chi connectivity index (χ0) is 12.0. The van der Waals surface area contributed by atoms with E-state index in [2.05, 4.69) is 6.07 Å². The Balaban J connectivity index is 2.86.